The maximum absolute atomic E-state index is 10.3. The van der Waals surface area contributed by atoms with E-state index in [1.54, 1.807) is 13.3 Å². The molecule has 0 spiro atoms. The number of hydrogen-bond acceptors (Lipinski definition) is 4. The molecule has 1 unspecified atom stereocenters. The topological polar surface area (TPSA) is 56.5 Å². The first kappa shape index (κ1) is 13.0. The zero-order valence-electron chi connectivity index (χ0n) is 11.6. The molecule has 0 saturated carbocycles. The molecule has 2 aromatic rings. The summed E-state index contributed by atoms with van der Waals surface area (Å²) in [6, 6.07) is 5.50. The highest BCUT2D eigenvalue weighted by Gasteiger charge is 2.29. The van der Waals surface area contributed by atoms with Crippen LogP contribution in [0.15, 0.2) is 30.6 Å². The van der Waals surface area contributed by atoms with E-state index < -0.39 is 6.10 Å². The van der Waals surface area contributed by atoms with Crippen LogP contribution in [0, 0.1) is 0 Å². The lowest BCUT2D eigenvalue weighted by molar-refractivity contribution is 0.0654. The van der Waals surface area contributed by atoms with Crippen molar-refractivity contribution in [3.8, 4) is 11.5 Å². The smallest absolute Gasteiger partial charge is 0.130 e. The summed E-state index contributed by atoms with van der Waals surface area (Å²) in [4.78, 5) is 0. The Kier molecular flexibility index (Phi) is 3.36. The number of aryl methyl sites for hydroxylation is 1. The summed E-state index contributed by atoms with van der Waals surface area (Å²) in [5.74, 6) is 1.40. The van der Waals surface area contributed by atoms with Gasteiger partial charge in [-0.15, -0.1) is 0 Å². The Bertz CT molecular complexity index is 609. The summed E-state index contributed by atoms with van der Waals surface area (Å²) in [6.45, 7) is 2.85. The Balaban J connectivity index is 1.90. The lowest BCUT2D eigenvalue weighted by Gasteiger charge is -2.29. The van der Waals surface area contributed by atoms with Crippen LogP contribution in [0.2, 0.25) is 0 Å². The molecule has 0 aliphatic carbocycles. The van der Waals surface area contributed by atoms with E-state index in [1.807, 2.05) is 36.0 Å². The number of methoxy groups -OCH3 is 1. The van der Waals surface area contributed by atoms with Crippen molar-refractivity contribution >= 4 is 0 Å². The minimum Gasteiger partial charge on any atom is -0.497 e. The van der Waals surface area contributed by atoms with Gasteiger partial charge in [-0.25, -0.2) is 0 Å². The molecule has 5 nitrogen and oxygen atoms in total. The molecular formula is C15H18N2O3. The van der Waals surface area contributed by atoms with Gasteiger partial charge in [0, 0.05) is 36.4 Å². The fourth-order valence-electron chi connectivity index (χ4n) is 2.47. The van der Waals surface area contributed by atoms with Crippen molar-refractivity contribution in [1.82, 2.24) is 9.78 Å². The maximum atomic E-state index is 10.3. The van der Waals surface area contributed by atoms with E-state index in [0.717, 1.165) is 23.4 Å². The van der Waals surface area contributed by atoms with E-state index in [4.69, 9.17) is 9.47 Å². The number of aliphatic hydroxyl groups excluding tert-OH is 1. The van der Waals surface area contributed by atoms with Crippen LogP contribution in [0.5, 0.6) is 11.5 Å². The molecule has 106 valence electrons. The van der Waals surface area contributed by atoms with Crippen LogP contribution in [-0.4, -0.2) is 22.0 Å². The first-order chi connectivity index (χ1) is 9.71. The summed E-state index contributed by atoms with van der Waals surface area (Å²) < 4.78 is 13.0. The summed E-state index contributed by atoms with van der Waals surface area (Å²) in [6.07, 6.45) is 3.59. The average molecular weight is 274 g/mol. The Hall–Kier alpha value is -2.01. The lowest BCUT2D eigenvalue weighted by atomic mass is 9.96. The SMILES string of the molecule is CCn1cc(C2C[C@@H](O)c3ccc(OC)cc3O2)cn1. The molecule has 3 rings (SSSR count). The highest BCUT2D eigenvalue weighted by Crippen LogP contribution is 2.42. The molecular weight excluding hydrogens is 256 g/mol. The molecule has 1 N–H and O–H groups in total. The fraction of sp³-hybridized carbons (Fsp3) is 0.400. The van der Waals surface area contributed by atoms with Crippen molar-refractivity contribution < 1.29 is 14.6 Å². The van der Waals surface area contributed by atoms with Crippen molar-refractivity contribution in [2.24, 2.45) is 0 Å². The third-order valence-corrected chi connectivity index (χ3v) is 3.64. The number of aliphatic hydroxyl groups is 1. The van der Waals surface area contributed by atoms with Gasteiger partial charge in [0.1, 0.15) is 17.6 Å². The van der Waals surface area contributed by atoms with Crippen LogP contribution in [-0.2, 0) is 6.54 Å². The number of ether oxygens (including phenoxy) is 2. The summed E-state index contributed by atoms with van der Waals surface area (Å²) in [5.41, 5.74) is 1.80. The highest BCUT2D eigenvalue weighted by atomic mass is 16.5. The monoisotopic (exact) mass is 274 g/mol. The molecule has 0 amide bonds. The number of benzene rings is 1. The molecule has 0 fully saturated rings. The standard InChI is InChI=1S/C15H18N2O3/c1-3-17-9-10(8-16-17)14-7-13(18)12-5-4-11(19-2)6-15(12)20-14/h4-6,8-9,13-14,18H,3,7H2,1-2H3/t13-,14?/m1/s1. The first-order valence-corrected chi connectivity index (χ1v) is 6.76. The summed E-state index contributed by atoms with van der Waals surface area (Å²) >= 11 is 0. The molecule has 1 aromatic heterocycles. The van der Waals surface area contributed by atoms with E-state index in [9.17, 15) is 5.11 Å². The zero-order valence-corrected chi connectivity index (χ0v) is 11.6. The van der Waals surface area contributed by atoms with Crippen LogP contribution >= 0.6 is 0 Å². The van der Waals surface area contributed by atoms with Crippen molar-refractivity contribution in [3.63, 3.8) is 0 Å². The molecule has 1 aliphatic heterocycles. The zero-order chi connectivity index (χ0) is 14.1. The van der Waals surface area contributed by atoms with Gasteiger partial charge in [-0.1, -0.05) is 0 Å². The van der Waals surface area contributed by atoms with Gasteiger partial charge in [-0.3, -0.25) is 4.68 Å². The van der Waals surface area contributed by atoms with E-state index in [-0.39, 0.29) is 6.10 Å². The van der Waals surface area contributed by atoms with Crippen molar-refractivity contribution in [1.29, 1.82) is 0 Å². The van der Waals surface area contributed by atoms with Gasteiger partial charge in [-0.05, 0) is 19.1 Å². The summed E-state index contributed by atoms with van der Waals surface area (Å²) in [5, 5.41) is 14.5. The minimum atomic E-state index is -0.528. The van der Waals surface area contributed by atoms with Gasteiger partial charge >= 0.3 is 0 Å². The number of fused-ring (bicyclic) bond motifs is 1. The predicted octanol–water partition coefficient (Wildman–Crippen LogP) is 2.47. The van der Waals surface area contributed by atoms with E-state index in [0.29, 0.717) is 12.2 Å². The Morgan fingerprint density at radius 3 is 3.05 bits per heavy atom. The molecule has 2 heterocycles. The Morgan fingerprint density at radius 1 is 1.50 bits per heavy atom. The number of aromatic nitrogens is 2. The molecule has 0 saturated heterocycles. The molecule has 0 bridgehead atoms. The van der Waals surface area contributed by atoms with Crippen LogP contribution in [0.3, 0.4) is 0 Å². The van der Waals surface area contributed by atoms with Crippen LogP contribution in [0.4, 0.5) is 0 Å². The molecule has 20 heavy (non-hydrogen) atoms. The van der Waals surface area contributed by atoms with Crippen molar-refractivity contribution in [2.45, 2.75) is 32.1 Å². The summed E-state index contributed by atoms with van der Waals surface area (Å²) in [7, 11) is 1.61. The van der Waals surface area contributed by atoms with Gasteiger partial charge in [0.05, 0.1) is 19.4 Å². The minimum absolute atomic E-state index is 0.176. The Labute approximate surface area is 117 Å². The van der Waals surface area contributed by atoms with E-state index >= 15 is 0 Å². The number of rotatable bonds is 3. The third kappa shape index (κ3) is 2.25. The van der Waals surface area contributed by atoms with Crippen molar-refractivity contribution in [3.05, 3.63) is 41.7 Å². The van der Waals surface area contributed by atoms with E-state index in [2.05, 4.69) is 5.10 Å². The molecule has 1 aromatic carbocycles. The van der Waals surface area contributed by atoms with Gasteiger partial charge < -0.3 is 14.6 Å². The van der Waals surface area contributed by atoms with Crippen LogP contribution < -0.4 is 9.47 Å². The fourth-order valence-corrected chi connectivity index (χ4v) is 2.47. The second kappa shape index (κ2) is 5.17. The second-order valence-electron chi connectivity index (χ2n) is 4.89. The number of hydrogen-bond donors (Lipinski definition) is 1. The predicted molar refractivity (Wildman–Crippen MR) is 73.8 cm³/mol. The Morgan fingerprint density at radius 2 is 2.35 bits per heavy atom. The molecule has 2 atom stereocenters. The van der Waals surface area contributed by atoms with Crippen LogP contribution in [0.25, 0.3) is 0 Å². The lowest BCUT2D eigenvalue weighted by Crippen LogP contribution is -2.18. The van der Waals surface area contributed by atoms with Gasteiger partial charge in [0.2, 0.25) is 0 Å². The van der Waals surface area contributed by atoms with E-state index in [1.165, 1.54) is 0 Å². The third-order valence-electron chi connectivity index (χ3n) is 3.64. The maximum Gasteiger partial charge on any atom is 0.130 e. The van der Waals surface area contributed by atoms with Crippen molar-refractivity contribution in [2.75, 3.05) is 7.11 Å². The highest BCUT2D eigenvalue weighted by molar-refractivity contribution is 5.43. The number of nitrogens with zero attached hydrogens (tertiary/aromatic N) is 2. The largest absolute Gasteiger partial charge is 0.497 e. The molecule has 5 heteroatoms. The normalized spacial score (nSPS) is 21.1. The van der Waals surface area contributed by atoms with Gasteiger partial charge in [-0.2, -0.15) is 5.10 Å². The average Bonchev–Trinajstić information content (AvgIpc) is 2.95. The van der Waals surface area contributed by atoms with Gasteiger partial charge in [0.25, 0.3) is 0 Å². The van der Waals surface area contributed by atoms with Crippen LogP contribution in [0.1, 0.15) is 36.7 Å². The first-order valence-electron chi connectivity index (χ1n) is 6.76. The molecule has 0 radical (unpaired) electrons. The van der Waals surface area contributed by atoms with Gasteiger partial charge in [0.15, 0.2) is 0 Å². The quantitative estimate of drug-likeness (QED) is 0.934. The molecule has 1 aliphatic rings. The second-order valence-corrected chi connectivity index (χ2v) is 4.89.